The van der Waals surface area contributed by atoms with Crippen molar-refractivity contribution in [2.45, 2.75) is 18.9 Å². The standard InChI is InChI=1S/C13H19N3O/c1-15-9-5-12(6-10-15)16(2)13(17)11-3-7-14-8-4-11/h3-4,7-8,12H,5-6,9-10H2,1-2H3. The van der Waals surface area contributed by atoms with E-state index in [1.165, 1.54) is 0 Å². The lowest BCUT2D eigenvalue weighted by molar-refractivity contribution is 0.0659. The van der Waals surface area contributed by atoms with Crippen molar-refractivity contribution < 1.29 is 4.79 Å². The van der Waals surface area contributed by atoms with Gasteiger partial charge < -0.3 is 9.80 Å². The van der Waals surface area contributed by atoms with E-state index in [9.17, 15) is 4.79 Å². The van der Waals surface area contributed by atoms with Gasteiger partial charge in [0.2, 0.25) is 0 Å². The SMILES string of the molecule is CN1CCC(N(C)C(=O)c2ccncc2)CC1. The van der Waals surface area contributed by atoms with E-state index in [0.29, 0.717) is 6.04 Å². The monoisotopic (exact) mass is 233 g/mol. The van der Waals surface area contributed by atoms with Gasteiger partial charge in [0.05, 0.1) is 0 Å². The Morgan fingerprint density at radius 3 is 2.53 bits per heavy atom. The van der Waals surface area contributed by atoms with Crippen molar-refractivity contribution in [1.82, 2.24) is 14.8 Å². The molecule has 1 aromatic heterocycles. The quantitative estimate of drug-likeness (QED) is 0.771. The third-order valence-electron chi connectivity index (χ3n) is 3.48. The highest BCUT2D eigenvalue weighted by atomic mass is 16.2. The molecule has 1 saturated heterocycles. The topological polar surface area (TPSA) is 36.4 Å². The minimum absolute atomic E-state index is 0.0990. The van der Waals surface area contributed by atoms with E-state index in [1.54, 1.807) is 24.5 Å². The summed E-state index contributed by atoms with van der Waals surface area (Å²) < 4.78 is 0. The molecule has 2 heterocycles. The van der Waals surface area contributed by atoms with Gasteiger partial charge in [0.1, 0.15) is 0 Å². The second-order valence-electron chi connectivity index (χ2n) is 4.69. The Bertz CT molecular complexity index is 372. The van der Waals surface area contributed by atoms with Gasteiger partial charge in [-0.25, -0.2) is 0 Å². The van der Waals surface area contributed by atoms with E-state index in [0.717, 1.165) is 31.5 Å². The number of likely N-dealkylation sites (tertiary alicyclic amines) is 1. The van der Waals surface area contributed by atoms with Gasteiger partial charge in [0.15, 0.2) is 0 Å². The molecule has 0 radical (unpaired) electrons. The summed E-state index contributed by atoms with van der Waals surface area (Å²) in [6.07, 6.45) is 5.44. The number of carbonyl (C=O) groups is 1. The van der Waals surface area contributed by atoms with Gasteiger partial charge in [-0.05, 0) is 45.1 Å². The molecular weight excluding hydrogens is 214 g/mol. The van der Waals surface area contributed by atoms with Crippen LogP contribution in [-0.4, -0.2) is 53.9 Å². The Hall–Kier alpha value is -1.42. The summed E-state index contributed by atoms with van der Waals surface area (Å²) in [6.45, 7) is 2.14. The lowest BCUT2D eigenvalue weighted by atomic mass is 10.0. The molecule has 0 spiro atoms. The van der Waals surface area contributed by atoms with E-state index in [4.69, 9.17) is 0 Å². The van der Waals surface area contributed by atoms with Gasteiger partial charge in [0.25, 0.3) is 5.91 Å². The van der Waals surface area contributed by atoms with E-state index in [2.05, 4.69) is 16.9 Å². The highest BCUT2D eigenvalue weighted by Gasteiger charge is 2.24. The van der Waals surface area contributed by atoms with Crippen LogP contribution in [0.4, 0.5) is 0 Å². The molecule has 0 atom stereocenters. The maximum absolute atomic E-state index is 12.2. The summed E-state index contributed by atoms with van der Waals surface area (Å²) in [6, 6.07) is 3.91. The summed E-state index contributed by atoms with van der Waals surface area (Å²) in [5.74, 6) is 0.0990. The smallest absolute Gasteiger partial charge is 0.253 e. The van der Waals surface area contributed by atoms with Crippen molar-refractivity contribution in [3.8, 4) is 0 Å². The van der Waals surface area contributed by atoms with Crippen LogP contribution in [0.1, 0.15) is 23.2 Å². The number of piperidine rings is 1. The number of hydrogen-bond acceptors (Lipinski definition) is 3. The molecule has 0 unspecified atom stereocenters. The number of pyridine rings is 1. The minimum Gasteiger partial charge on any atom is -0.339 e. The van der Waals surface area contributed by atoms with Gasteiger partial charge in [-0.15, -0.1) is 0 Å². The van der Waals surface area contributed by atoms with Crippen LogP contribution in [0.25, 0.3) is 0 Å². The fraction of sp³-hybridized carbons (Fsp3) is 0.538. The van der Waals surface area contributed by atoms with Crippen LogP contribution in [0.2, 0.25) is 0 Å². The van der Waals surface area contributed by atoms with Gasteiger partial charge >= 0.3 is 0 Å². The number of hydrogen-bond donors (Lipinski definition) is 0. The van der Waals surface area contributed by atoms with Crippen LogP contribution < -0.4 is 0 Å². The van der Waals surface area contributed by atoms with Crippen LogP contribution in [0.15, 0.2) is 24.5 Å². The Balaban J connectivity index is 2.00. The number of nitrogens with zero attached hydrogens (tertiary/aromatic N) is 3. The first-order valence-electron chi connectivity index (χ1n) is 6.04. The van der Waals surface area contributed by atoms with Crippen LogP contribution >= 0.6 is 0 Å². The highest BCUT2D eigenvalue weighted by Crippen LogP contribution is 2.16. The van der Waals surface area contributed by atoms with Crippen molar-refractivity contribution in [3.63, 3.8) is 0 Å². The number of carbonyl (C=O) groups excluding carboxylic acids is 1. The van der Waals surface area contributed by atoms with Crippen LogP contribution in [-0.2, 0) is 0 Å². The maximum atomic E-state index is 12.2. The Kier molecular flexibility index (Phi) is 3.74. The maximum Gasteiger partial charge on any atom is 0.253 e. The molecule has 0 N–H and O–H groups in total. The molecule has 4 nitrogen and oxygen atoms in total. The Morgan fingerprint density at radius 1 is 1.35 bits per heavy atom. The summed E-state index contributed by atoms with van der Waals surface area (Å²) in [5, 5.41) is 0. The molecule has 2 rings (SSSR count). The zero-order chi connectivity index (χ0) is 12.3. The summed E-state index contributed by atoms with van der Waals surface area (Å²) in [4.78, 5) is 20.3. The Morgan fingerprint density at radius 2 is 1.94 bits per heavy atom. The third-order valence-corrected chi connectivity index (χ3v) is 3.48. The average molecular weight is 233 g/mol. The summed E-state index contributed by atoms with van der Waals surface area (Å²) in [7, 11) is 4.03. The second-order valence-corrected chi connectivity index (χ2v) is 4.69. The molecule has 0 saturated carbocycles. The molecule has 0 bridgehead atoms. The Labute approximate surface area is 102 Å². The highest BCUT2D eigenvalue weighted by molar-refractivity contribution is 5.94. The van der Waals surface area contributed by atoms with Crippen LogP contribution in [0, 0.1) is 0 Å². The van der Waals surface area contributed by atoms with E-state index >= 15 is 0 Å². The average Bonchev–Trinajstić information content (AvgIpc) is 2.39. The molecule has 1 amide bonds. The van der Waals surface area contributed by atoms with Gasteiger partial charge in [0, 0.05) is 31.0 Å². The van der Waals surface area contributed by atoms with Crippen molar-refractivity contribution in [1.29, 1.82) is 0 Å². The number of aromatic nitrogens is 1. The second kappa shape index (κ2) is 5.27. The predicted molar refractivity (Wildman–Crippen MR) is 66.8 cm³/mol. The first-order chi connectivity index (χ1) is 8.18. The molecule has 92 valence electrons. The first kappa shape index (κ1) is 12.0. The molecule has 17 heavy (non-hydrogen) atoms. The summed E-state index contributed by atoms with van der Waals surface area (Å²) >= 11 is 0. The van der Waals surface area contributed by atoms with E-state index in [-0.39, 0.29) is 5.91 Å². The first-order valence-corrected chi connectivity index (χ1v) is 6.04. The molecule has 0 aromatic carbocycles. The van der Waals surface area contributed by atoms with Crippen LogP contribution in [0.5, 0.6) is 0 Å². The van der Waals surface area contributed by atoms with Gasteiger partial charge in [-0.1, -0.05) is 0 Å². The van der Waals surface area contributed by atoms with E-state index in [1.807, 2.05) is 11.9 Å². The van der Waals surface area contributed by atoms with Gasteiger partial charge in [-0.2, -0.15) is 0 Å². The fourth-order valence-corrected chi connectivity index (χ4v) is 2.25. The third kappa shape index (κ3) is 2.82. The number of amides is 1. The van der Waals surface area contributed by atoms with Crippen molar-refractivity contribution in [2.75, 3.05) is 27.2 Å². The van der Waals surface area contributed by atoms with Gasteiger partial charge in [-0.3, -0.25) is 9.78 Å². The fourth-order valence-electron chi connectivity index (χ4n) is 2.25. The van der Waals surface area contributed by atoms with Crippen molar-refractivity contribution >= 4 is 5.91 Å². The predicted octanol–water partition coefficient (Wildman–Crippen LogP) is 1.25. The molecular formula is C13H19N3O. The molecule has 1 aromatic rings. The lowest BCUT2D eigenvalue weighted by Gasteiger charge is -2.35. The lowest BCUT2D eigenvalue weighted by Crippen LogP contribution is -2.44. The van der Waals surface area contributed by atoms with E-state index < -0.39 is 0 Å². The molecule has 4 heteroatoms. The van der Waals surface area contributed by atoms with Crippen molar-refractivity contribution in [2.24, 2.45) is 0 Å². The zero-order valence-corrected chi connectivity index (χ0v) is 10.5. The van der Waals surface area contributed by atoms with Crippen molar-refractivity contribution in [3.05, 3.63) is 30.1 Å². The molecule has 1 fully saturated rings. The molecule has 1 aliphatic heterocycles. The summed E-state index contributed by atoms with van der Waals surface area (Å²) in [5.41, 5.74) is 0.724. The largest absolute Gasteiger partial charge is 0.339 e. The molecule has 0 aliphatic carbocycles. The molecule has 1 aliphatic rings. The van der Waals surface area contributed by atoms with Crippen LogP contribution in [0.3, 0.4) is 0 Å². The minimum atomic E-state index is 0.0990. The normalized spacial score (nSPS) is 18.0. The zero-order valence-electron chi connectivity index (χ0n) is 10.5. The number of rotatable bonds is 2.